The van der Waals surface area contributed by atoms with Gasteiger partial charge in [-0.15, -0.1) is 0 Å². The summed E-state index contributed by atoms with van der Waals surface area (Å²) < 4.78 is 16.6. The molecule has 1 saturated heterocycles. The van der Waals surface area contributed by atoms with Gasteiger partial charge in [-0.25, -0.2) is 0 Å². The summed E-state index contributed by atoms with van der Waals surface area (Å²) in [5, 5.41) is 9.39. The van der Waals surface area contributed by atoms with Crippen LogP contribution in [0.25, 0.3) is 0 Å². The molecule has 0 aromatic rings. The summed E-state index contributed by atoms with van der Waals surface area (Å²) in [6.07, 6.45) is 30.6. The van der Waals surface area contributed by atoms with Crippen LogP contribution in [0.15, 0.2) is 0 Å². The number of rotatable bonds is 36. The number of ether oxygens (including phenoxy) is 3. The SMILES string of the molecule is CCCCCCCCCCCCCC(=O)OCC(COC(=O)CCCCCCCCCCCCC)COC(=O)CCCCCN1CC(O)C1. The fourth-order valence-corrected chi connectivity index (χ4v) is 6.37. The van der Waals surface area contributed by atoms with Gasteiger partial charge in [0.25, 0.3) is 0 Å². The highest BCUT2D eigenvalue weighted by Crippen LogP contribution is 2.15. The summed E-state index contributed by atoms with van der Waals surface area (Å²) in [5.41, 5.74) is 0. The van der Waals surface area contributed by atoms with Crippen molar-refractivity contribution < 1.29 is 33.7 Å². The van der Waals surface area contributed by atoms with E-state index >= 15 is 0 Å². The van der Waals surface area contributed by atoms with E-state index in [2.05, 4.69) is 18.7 Å². The molecule has 0 unspecified atom stereocenters. The molecule has 0 aromatic heterocycles. The molecule has 0 aliphatic carbocycles. The zero-order valence-electron chi connectivity index (χ0n) is 32.0. The molecule has 288 valence electrons. The maximum atomic E-state index is 12.5. The molecule has 1 fully saturated rings. The number of hydrogen-bond acceptors (Lipinski definition) is 8. The second-order valence-electron chi connectivity index (χ2n) is 14.7. The maximum Gasteiger partial charge on any atom is 0.305 e. The number of β-amino-alcohol motifs (C(OH)–C–C–N with tert-alkyl or cyclic N) is 1. The number of aliphatic hydroxyl groups excluding tert-OH is 1. The van der Waals surface area contributed by atoms with E-state index in [1.807, 2.05) is 0 Å². The summed E-state index contributed by atoms with van der Waals surface area (Å²) in [6, 6.07) is 0. The van der Waals surface area contributed by atoms with Gasteiger partial charge in [-0.2, -0.15) is 0 Å². The molecule has 8 nitrogen and oxygen atoms in total. The van der Waals surface area contributed by atoms with Gasteiger partial charge in [0, 0.05) is 32.4 Å². The molecule has 8 heteroatoms. The molecular weight excluding hydrogens is 618 g/mol. The van der Waals surface area contributed by atoms with Crippen molar-refractivity contribution in [2.24, 2.45) is 5.92 Å². The minimum Gasteiger partial charge on any atom is -0.465 e. The van der Waals surface area contributed by atoms with Gasteiger partial charge in [0.15, 0.2) is 0 Å². The lowest BCUT2D eigenvalue weighted by molar-refractivity contribution is -0.153. The predicted molar refractivity (Wildman–Crippen MR) is 199 cm³/mol. The average Bonchev–Trinajstić information content (AvgIpc) is 3.08. The number of unbranched alkanes of at least 4 members (excludes halogenated alkanes) is 22. The molecule has 1 N–H and O–H groups in total. The lowest BCUT2D eigenvalue weighted by atomic mass is 10.1. The molecule has 49 heavy (non-hydrogen) atoms. The van der Waals surface area contributed by atoms with Crippen molar-refractivity contribution >= 4 is 17.9 Å². The standard InChI is InChI=1S/C41H77NO7/c1-3-5-7-9-11-13-15-17-19-21-24-28-39(44)47-34-37(36-49-41(46)30-26-23-27-31-42-32-38(43)33-42)35-48-40(45)29-25-22-20-18-16-14-12-10-8-6-4-2/h37-38,43H,3-36H2,1-2H3. The Bertz CT molecular complexity index is 744. The number of carbonyl (C=O) groups is 3. The molecule has 0 bridgehead atoms. The molecule has 0 aromatic carbocycles. The Hall–Kier alpha value is -1.67. The van der Waals surface area contributed by atoms with Gasteiger partial charge in [-0.3, -0.25) is 19.3 Å². The summed E-state index contributed by atoms with van der Waals surface area (Å²) in [6.45, 7) is 7.17. The highest BCUT2D eigenvalue weighted by Gasteiger charge is 2.23. The van der Waals surface area contributed by atoms with Crippen LogP contribution in [0.5, 0.6) is 0 Å². The van der Waals surface area contributed by atoms with Gasteiger partial charge in [0.05, 0.1) is 12.0 Å². The number of esters is 3. The van der Waals surface area contributed by atoms with Crippen LogP contribution in [0.1, 0.15) is 194 Å². The Balaban J connectivity index is 2.25. The zero-order chi connectivity index (χ0) is 35.6. The predicted octanol–water partition coefficient (Wildman–Crippen LogP) is 9.87. The molecule has 0 spiro atoms. The first kappa shape index (κ1) is 45.4. The van der Waals surface area contributed by atoms with E-state index in [-0.39, 0.29) is 49.8 Å². The summed E-state index contributed by atoms with van der Waals surface area (Å²) in [5.74, 6) is -1.13. The van der Waals surface area contributed by atoms with Crippen molar-refractivity contribution in [1.82, 2.24) is 4.90 Å². The second-order valence-corrected chi connectivity index (χ2v) is 14.7. The highest BCUT2D eigenvalue weighted by atomic mass is 16.6. The third kappa shape index (κ3) is 29.7. The normalized spacial score (nSPS) is 13.5. The molecule has 1 heterocycles. The smallest absolute Gasteiger partial charge is 0.305 e. The molecule has 1 aliphatic heterocycles. The van der Waals surface area contributed by atoms with Crippen LogP contribution in [0, 0.1) is 5.92 Å². The molecule has 1 rings (SSSR count). The Labute approximate surface area is 301 Å². The van der Waals surface area contributed by atoms with Gasteiger partial charge in [-0.05, 0) is 32.2 Å². The largest absolute Gasteiger partial charge is 0.465 e. The minimum absolute atomic E-state index is 0.0714. The fraction of sp³-hybridized carbons (Fsp3) is 0.927. The van der Waals surface area contributed by atoms with E-state index in [0.29, 0.717) is 19.3 Å². The molecule has 0 amide bonds. The van der Waals surface area contributed by atoms with Gasteiger partial charge in [0.1, 0.15) is 19.8 Å². The minimum atomic E-state index is -0.371. The number of nitrogens with zero attached hydrogens (tertiary/aromatic N) is 1. The van der Waals surface area contributed by atoms with Crippen LogP contribution in [0.4, 0.5) is 0 Å². The zero-order valence-corrected chi connectivity index (χ0v) is 32.0. The molecule has 0 saturated carbocycles. The maximum absolute atomic E-state index is 12.5. The van der Waals surface area contributed by atoms with Crippen LogP contribution in [-0.2, 0) is 28.6 Å². The molecule has 0 radical (unpaired) electrons. The van der Waals surface area contributed by atoms with Gasteiger partial charge in [0.2, 0.25) is 0 Å². The Morgan fingerprint density at radius 3 is 1.08 bits per heavy atom. The van der Waals surface area contributed by atoms with Crippen molar-refractivity contribution in [2.75, 3.05) is 39.5 Å². The van der Waals surface area contributed by atoms with Crippen molar-refractivity contribution in [2.45, 2.75) is 200 Å². The lowest BCUT2D eigenvalue weighted by Crippen LogP contribution is -2.50. The van der Waals surface area contributed by atoms with E-state index in [9.17, 15) is 19.5 Å². The number of hydrogen-bond donors (Lipinski definition) is 1. The Morgan fingerprint density at radius 1 is 0.490 bits per heavy atom. The number of aliphatic hydroxyl groups is 1. The van der Waals surface area contributed by atoms with E-state index < -0.39 is 0 Å². The third-order valence-corrected chi connectivity index (χ3v) is 9.70. The fourth-order valence-electron chi connectivity index (χ4n) is 6.37. The van der Waals surface area contributed by atoms with Crippen molar-refractivity contribution in [3.8, 4) is 0 Å². The topological polar surface area (TPSA) is 102 Å². The average molecular weight is 696 g/mol. The molecule has 0 atom stereocenters. The molecular formula is C41H77NO7. The van der Waals surface area contributed by atoms with E-state index in [4.69, 9.17) is 14.2 Å². The number of likely N-dealkylation sites (tertiary alicyclic amines) is 1. The lowest BCUT2D eigenvalue weighted by Gasteiger charge is -2.35. The highest BCUT2D eigenvalue weighted by molar-refractivity contribution is 5.70. The Kier molecular flexibility index (Phi) is 31.0. The van der Waals surface area contributed by atoms with Crippen molar-refractivity contribution in [1.29, 1.82) is 0 Å². The summed E-state index contributed by atoms with van der Waals surface area (Å²) in [4.78, 5) is 39.5. The summed E-state index contributed by atoms with van der Waals surface area (Å²) in [7, 11) is 0. The quantitative estimate of drug-likeness (QED) is 0.0393. The Morgan fingerprint density at radius 2 is 0.776 bits per heavy atom. The van der Waals surface area contributed by atoms with Gasteiger partial charge in [-0.1, -0.05) is 149 Å². The monoisotopic (exact) mass is 696 g/mol. The first-order chi connectivity index (χ1) is 23.9. The van der Waals surface area contributed by atoms with Crippen LogP contribution >= 0.6 is 0 Å². The number of carbonyl (C=O) groups excluding carboxylic acids is 3. The third-order valence-electron chi connectivity index (χ3n) is 9.70. The first-order valence-electron chi connectivity index (χ1n) is 20.8. The van der Waals surface area contributed by atoms with Crippen molar-refractivity contribution in [3.63, 3.8) is 0 Å². The van der Waals surface area contributed by atoms with Crippen LogP contribution < -0.4 is 0 Å². The second kappa shape index (κ2) is 33.5. The van der Waals surface area contributed by atoms with E-state index in [1.165, 1.54) is 103 Å². The van der Waals surface area contributed by atoms with Gasteiger partial charge < -0.3 is 19.3 Å². The van der Waals surface area contributed by atoms with Crippen LogP contribution in [0.3, 0.4) is 0 Å². The summed E-state index contributed by atoms with van der Waals surface area (Å²) >= 11 is 0. The van der Waals surface area contributed by atoms with Crippen LogP contribution in [-0.4, -0.2) is 73.5 Å². The van der Waals surface area contributed by atoms with Gasteiger partial charge >= 0.3 is 17.9 Å². The van der Waals surface area contributed by atoms with E-state index in [0.717, 1.165) is 77.4 Å². The first-order valence-corrected chi connectivity index (χ1v) is 20.8. The van der Waals surface area contributed by atoms with E-state index in [1.54, 1.807) is 0 Å². The van der Waals surface area contributed by atoms with Crippen molar-refractivity contribution in [3.05, 3.63) is 0 Å². The van der Waals surface area contributed by atoms with Crippen LogP contribution in [0.2, 0.25) is 0 Å². The molecule has 1 aliphatic rings.